The summed E-state index contributed by atoms with van der Waals surface area (Å²) >= 11 is 0. The number of allylic oxidation sites excluding steroid dienone is 4. The topological polar surface area (TPSA) is 17.1 Å². The van der Waals surface area contributed by atoms with Gasteiger partial charge in [-0.1, -0.05) is 31.2 Å². The molecular weight excluding hydrogens is 136 g/mol. The van der Waals surface area contributed by atoms with Crippen LogP contribution in [0.1, 0.15) is 13.3 Å². The van der Waals surface area contributed by atoms with Gasteiger partial charge in [-0.2, -0.15) is 0 Å². The van der Waals surface area contributed by atoms with E-state index in [0.717, 1.165) is 6.42 Å². The second-order valence-corrected chi connectivity index (χ2v) is 3.47. The Morgan fingerprint density at radius 1 is 1.36 bits per heavy atom. The summed E-state index contributed by atoms with van der Waals surface area (Å²) in [5, 5.41) is 0. The molecule has 11 heavy (non-hydrogen) atoms. The maximum atomic E-state index is 11.5. The predicted molar refractivity (Wildman–Crippen MR) is 44.0 cm³/mol. The van der Waals surface area contributed by atoms with Crippen molar-refractivity contribution in [1.82, 2.24) is 0 Å². The second kappa shape index (κ2) is 2.33. The first-order valence-corrected chi connectivity index (χ1v) is 4.18. The maximum Gasteiger partial charge on any atom is 0.143 e. The van der Waals surface area contributed by atoms with Gasteiger partial charge >= 0.3 is 0 Å². The molecule has 0 saturated heterocycles. The molecule has 0 radical (unpaired) electrons. The van der Waals surface area contributed by atoms with Gasteiger partial charge in [0.2, 0.25) is 0 Å². The molecule has 0 aliphatic heterocycles. The Morgan fingerprint density at radius 2 is 2.09 bits per heavy atom. The number of rotatable bonds is 0. The Kier molecular flexibility index (Phi) is 1.45. The molecule has 2 rings (SSSR count). The number of hydrogen-bond donors (Lipinski definition) is 0. The van der Waals surface area contributed by atoms with Gasteiger partial charge in [0.25, 0.3) is 0 Å². The lowest BCUT2D eigenvalue weighted by Crippen LogP contribution is -2.12. The Balaban J connectivity index is 2.33. The summed E-state index contributed by atoms with van der Waals surface area (Å²) in [4.78, 5) is 11.5. The molecule has 0 N–H and O–H groups in total. The molecule has 0 amide bonds. The monoisotopic (exact) mass is 148 g/mol. The lowest BCUT2D eigenvalue weighted by Gasteiger charge is -2.06. The number of carbonyl (C=O) groups excluding carboxylic acids is 1. The van der Waals surface area contributed by atoms with Gasteiger partial charge in [0.1, 0.15) is 5.78 Å². The van der Waals surface area contributed by atoms with Crippen molar-refractivity contribution in [2.75, 3.05) is 0 Å². The van der Waals surface area contributed by atoms with Crippen LogP contribution in [0.3, 0.4) is 0 Å². The van der Waals surface area contributed by atoms with Crippen LogP contribution in [-0.2, 0) is 4.79 Å². The van der Waals surface area contributed by atoms with Gasteiger partial charge in [-0.25, -0.2) is 0 Å². The average Bonchev–Trinajstić information content (AvgIpc) is 2.31. The largest absolute Gasteiger partial charge is 0.299 e. The molecule has 0 aromatic rings. The summed E-state index contributed by atoms with van der Waals surface area (Å²) in [6.45, 7) is 2.04. The number of carbonyl (C=O) groups is 1. The first-order valence-electron chi connectivity index (χ1n) is 4.18. The van der Waals surface area contributed by atoms with Crippen LogP contribution in [-0.4, -0.2) is 5.78 Å². The first kappa shape index (κ1) is 6.84. The van der Waals surface area contributed by atoms with E-state index >= 15 is 0 Å². The molecule has 2 aliphatic carbocycles. The van der Waals surface area contributed by atoms with E-state index in [1.54, 1.807) is 0 Å². The van der Waals surface area contributed by atoms with Gasteiger partial charge in [-0.3, -0.25) is 4.79 Å². The fraction of sp³-hybridized carbons (Fsp3) is 0.500. The molecular formula is C10H12O. The van der Waals surface area contributed by atoms with Crippen LogP contribution >= 0.6 is 0 Å². The van der Waals surface area contributed by atoms with Crippen LogP contribution < -0.4 is 0 Å². The highest BCUT2D eigenvalue weighted by Gasteiger charge is 2.36. The third kappa shape index (κ3) is 0.953. The van der Waals surface area contributed by atoms with E-state index in [-0.39, 0.29) is 11.8 Å². The van der Waals surface area contributed by atoms with Gasteiger partial charge in [0, 0.05) is 11.8 Å². The van der Waals surface area contributed by atoms with Crippen molar-refractivity contribution in [2.24, 2.45) is 17.8 Å². The summed E-state index contributed by atoms with van der Waals surface area (Å²) in [7, 11) is 0. The van der Waals surface area contributed by atoms with E-state index in [9.17, 15) is 4.79 Å². The Labute approximate surface area is 66.8 Å². The van der Waals surface area contributed by atoms with Crippen molar-refractivity contribution >= 4 is 5.78 Å². The zero-order chi connectivity index (χ0) is 7.84. The molecule has 1 heteroatoms. The van der Waals surface area contributed by atoms with Crippen molar-refractivity contribution < 1.29 is 4.79 Å². The van der Waals surface area contributed by atoms with Gasteiger partial charge in [0.15, 0.2) is 0 Å². The highest BCUT2D eigenvalue weighted by Crippen LogP contribution is 2.36. The molecule has 0 heterocycles. The van der Waals surface area contributed by atoms with E-state index in [0.29, 0.717) is 11.7 Å². The van der Waals surface area contributed by atoms with Gasteiger partial charge in [-0.05, 0) is 12.3 Å². The smallest absolute Gasteiger partial charge is 0.143 e. The summed E-state index contributed by atoms with van der Waals surface area (Å²) < 4.78 is 0. The SMILES string of the molecule is CC1C(=O)C2C=CC=CC1C2. The molecule has 0 aromatic carbocycles. The fourth-order valence-electron chi connectivity index (χ4n) is 1.99. The molecule has 2 aliphatic rings. The van der Waals surface area contributed by atoms with E-state index < -0.39 is 0 Å². The first-order chi connectivity index (χ1) is 5.29. The molecule has 1 nitrogen and oxygen atoms in total. The lowest BCUT2D eigenvalue weighted by molar-refractivity contribution is -0.122. The van der Waals surface area contributed by atoms with E-state index in [2.05, 4.69) is 12.2 Å². The van der Waals surface area contributed by atoms with Gasteiger partial charge < -0.3 is 0 Å². The van der Waals surface area contributed by atoms with Crippen LogP contribution in [0.2, 0.25) is 0 Å². The van der Waals surface area contributed by atoms with Crippen LogP contribution in [0.5, 0.6) is 0 Å². The summed E-state index contributed by atoms with van der Waals surface area (Å²) in [5.41, 5.74) is 0. The lowest BCUT2D eigenvalue weighted by atomic mass is 9.97. The minimum atomic E-state index is 0.213. The predicted octanol–water partition coefficient (Wildman–Crippen LogP) is 1.95. The second-order valence-electron chi connectivity index (χ2n) is 3.47. The Bertz CT molecular complexity index is 237. The van der Waals surface area contributed by atoms with Crippen LogP contribution in [0.15, 0.2) is 24.3 Å². The average molecular weight is 148 g/mol. The third-order valence-corrected chi connectivity index (χ3v) is 2.80. The zero-order valence-electron chi connectivity index (χ0n) is 6.66. The summed E-state index contributed by atoms with van der Waals surface area (Å²) in [6, 6.07) is 0. The van der Waals surface area contributed by atoms with E-state index in [1.165, 1.54) is 0 Å². The van der Waals surface area contributed by atoms with Crippen molar-refractivity contribution in [1.29, 1.82) is 0 Å². The molecule has 3 atom stereocenters. The molecule has 58 valence electrons. The third-order valence-electron chi connectivity index (χ3n) is 2.80. The van der Waals surface area contributed by atoms with Crippen molar-refractivity contribution in [3.8, 4) is 0 Å². The molecule has 1 fully saturated rings. The molecule has 1 saturated carbocycles. The molecule has 0 spiro atoms. The van der Waals surface area contributed by atoms with Crippen molar-refractivity contribution in [3.63, 3.8) is 0 Å². The highest BCUT2D eigenvalue weighted by atomic mass is 16.1. The highest BCUT2D eigenvalue weighted by molar-refractivity contribution is 5.87. The minimum Gasteiger partial charge on any atom is -0.299 e. The number of ketones is 1. The number of fused-ring (bicyclic) bond motifs is 2. The van der Waals surface area contributed by atoms with Crippen molar-refractivity contribution in [2.45, 2.75) is 13.3 Å². The number of Topliss-reactive ketones (excluding diaryl/α,β-unsaturated/α-hetero) is 1. The molecule has 0 aromatic heterocycles. The summed E-state index contributed by atoms with van der Waals surface area (Å²) in [5.74, 6) is 1.39. The van der Waals surface area contributed by atoms with E-state index in [4.69, 9.17) is 0 Å². The molecule has 2 bridgehead atoms. The quantitative estimate of drug-likeness (QED) is 0.513. The number of hydrogen-bond acceptors (Lipinski definition) is 1. The Hall–Kier alpha value is -0.850. The normalized spacial score (nSPS) is 41.2. The van der Waals surface area contributed by atoms with Crippen LogP contribution in [0.4, 0.5) is 0 Å². The zero-order valence-corrected chi connectivity index (χ0v) is 6.66. The molecule has 3 unspecified atom stereocenters. The minimum absolute atomic E-state index is 0.213. The fourth-order valence-corrected chi connectivity index (χ4v) is 1.99. The standard InChI is InChI=1S/C10H12O/c1-7-8-4-2-3-5-9(6-8)10(7)11/h2-5,7-9H,6H2,1H3. The van der Waals surface area contributed by atoms with Gasteiger partial charge in [0.05, 0.1) is 0 Å². The summed E-state index contributed by atoms with van der Waals surface area (Å²) in [6.07, 6.45) is 9.28. The Morgan fingerprint density at radius 3 is 2.91 bits per heavy atom. The van der Waals surface area contributed by atoms with Crippen LogP contribution in [0, 0.1) is 17.8 Å². The van der Waals surface area contributed by atoms with Crippen molar-refractivity contribution in [3.05, 3.63) is 24.3 Å². The van der Waals surface area contributed by atoms with E-state index in [1.807, 2.05) is 19.1 Å². The van der Waals surface area contributed by atoms with Crippen LogP contribution in [0.25, 0.3) is 0 Å². The van der Waals surface area contributed by atoms with Gasteiger partial charge in [-0.15, -0.1) is 0 Å². The maximum absolute atomic E-state index is 11.5.